The summed E-state index contributed by atoms with van der Waals surface area (Å²) in [5.74, 6) is 0.408. The topological polar surface area (TPSA) is 83.5 Å². The van der Waals surface area contributed by atoms with Crippen molar-refractivity contribution in [3.8, 4) is 0 Å². The highest BCUT2D eigenvalue weighted by atomic mass is 32.2. The summed E-state index contributed by atoms with van der Waals surface area (Å²) < 4.78 is 54.1. The smallest absolute Gasteiger partial charge is 0.261 e. The van der Waals surface area contributed by atoms with Gasteiger partial charge in [0, 0.05) is 18.8 Å². The Bertz CT molecular complexity index is 980. The summed E-state index contributed by atoms with van der Waals surface area (Å²) in [5.41, 5.74) is 1.61. The Labute approximate surface area is 168 Å². The van der Waals surface area contributed by atoms with Crippen LogP contribution < -0.4 is 4.72 Å². The van der Waals surface area contributed by atoms with Gasteiger partial charge >= 0.3 is 0 Å². The molecule has 6 nitrogen and oxygen atoms in total. The SMILES string of the molecule is CC[C@H](C)c1ccc(NS(=O)(=O)c2ccc(S(=O)(=O)N(CC)CC)cc2)cc1. The predicted molar refractivity (Wildman–Crippen MR) is 113 cm³/mol. The molecule has 154 valence electrons. The zero-order valence-corrected chi connectivity index (χ0v) is 18.3. The van der Waals surface area contributed by atoms with Gasteiger partial charge in [-0.1, -0.05) is 39.8 Å². The Morgan fingerprint density at radius 3 is 1.79 bits per heavy atom. The summed E-state index contributed by atoms with van der Waals surface area (Å²) in [6, 6.07) is 12.6. The van der Waals surface area contributed by atoms with Crippen LogP contribution in [0.15, 0.2) is 58.3 Å². The highest BCUT2D eigenvalue weighted by molar-refractivity contribution is 7.92. The zero-order valence-electron chi connectivity index (χ0n) is 16.7. The fourth-order valence-electron chi connectivity index (χ4n) is 2.83. The molecule has 0 unspecified atom stereocenters. The number of hydrogen-bond acceptors (Lipinski definition) is 4. The normalized spacial score (nSPS) is 13.5. The van der Waals surface area contributed by atoms with Gasteiger partial charge in [0.15, 0.2) is 0 Å². The van der Waals surface area contributed by atoms with E-state index in [1.807, 2.05) is 12.1 Å². The fourth-order valence-corrected chi connectivity index (χ4v) is 5.35. The number of nitrogens with zero attached hydrogens (tertiary/aromatic N) is 1. The van der Waals surface area contributed by atoms with Crippen LogP contribution in [0.25, 0.3) is 0 Å². The van der Waals surface area contributed by atoms with Gasteiger partial charge in [0.25, 0.3) is 10.0 Å². The van der Waals surface area contributed by atoms with E-state index < -0.39 is 20.0 Å². The lowest BCUT2D eigenvalue weighted by molar-refractivity contribution is 0.445. The van der Waals surface area contributed by atoms with Crippen molar-refractivity contribution in [3.63, 3.8) is 0 Å². The van der Waals surface area contributed by atoms with Gasteiger partial charge in [-0.3, -0.25) is 4.72 Å². The van der Waals surface area contributed by atoms with Crippen LogP contribution in [0.1, 0.15) is 45.6 Å². The molecule has 0 heterocycles. The molecule has 2 aromatic carbocycles. The lowest BCUT2D eigenvalue weighted by Gasteiger charge is -2.18. The molecule has 0 aliphatic carbocycles. The summed E-state index contributed by atoms with van der Waals surface area (Å²) in [7, 11) is -7.42. The summed E-state index contributed by atoms with van der Waals surface area (Å²) in [4.78, 5) is 0.0880. The first-order valence-corrected chi connectivity index (χ1v) is 12.3. The maximum absolute atomic E-state index is 12.6. The van der Waals surface area contributed by atoms with Gasteiger partial charge in [-0.15, -0.1) is 0 Å². The zero-order chi connectivity index (χ0) is 20.9. The molecule has 0 saturated carbocycles. The molecule has 0 amide bonds. The molecule has 0 saturated heterocycles. The second kappa shape index (κ2) is 9.07. The van der Waals surface area contributed by atoms with Gasteiger partial charge in [-0.05, 0) is 54.3 Å². The number of nitrogens with one attached hydrogen (secondary N) is 1. The van der Waals surface area contributed by atoms with Gasteiger partial charge in [-0.2, -0.15) is 4.31 Å². The third kappa shape index (κ3) is 4.92. The lowest BCUT2D eigenvalue weighted by Crippen LogP contribution is -2.30. The third-order valence-electron chi connectivity index (χ3n) is 4.82. The van der Waals surface area contributed by atoms with Crippen LogP contribution in [0.4, 0.5) is 5.69 Å². The molecule has 0 spiro atoms. The quantitative estimate of drug-likeness (QED) is 0.659. The minimum Gasteiger partial charge on any atom is -0.280 e. The van der Waals surface area contributed by atoms with E-state index in [-0.39, 0.29) is 9.79 Å². The van der Waals surface area contributed by atoms with Crippen LogP contribution in [0.3, 0.4) is 0 Å². The Balaban J connectivity index is 2.22. The number of benzene rings is 2. The second-order valence-corrected chi connectivity index (χ2v) is 10.2. The van der Waals surface area contributed by atoms with Crippen LogP contribution in [0, 0.1) is 0 Å². The predicted octanol–water partition coefficient (Wildman–Crippen LogP) is 4.03. The summed E-state index contributed by atoms with van der Waals surface area (Å²) in [5, 5.41) is 0. The molecule has 0 radical (unpaired) electrons. The molecular formula is C20H28N2O4S2. The minimum absolute atomic E-state index is 0.0111. The van der Waals surface area contributed by atoms with Crippen LogP contribution in [-0.2, 0) is 20.0 Å². The average molecular weight is 425 g/mol. The van der Waals surface area contributed by atoms with E-state index in [1.54, 1.807) is 26.0 Å². The van der Waals surface area contributed by atoms with Crippen molar-refractivity contribution in [1.82, 2.24) is 4.31 Å². The molecule has 0 fully saturated rings. The molecule has 2 aromatic rings. The molecule has 0 bridgehead atoms. The van der Waals surface area contributed by atoms with Crippen molar-refractivity contribution in [3.05, 3.63) is 54.1 Å². The van der Waals surface area contributed by atoms with Gasteiger partial charge < -0.3 is 0 Å². The first kappa shape index (κ1) is 22.4. The van der Waals surface area contributed by atoms with Crippen molar-refractivity contribution in [2.75, 3.05) is 17.8 Å². The Morgan fingerprint density at radius 2 is 1.32 bits per heavy atom. The van der Waals surface area contributed by atoms with Gasteiger partial charge in [0.05, 0.1) is 9.79 Å². The largest absolute Gasteiger partial charge is 0.280 e. The molecule has 28 heavy (non-hydrogen) atoms. The van der Waals surface area contributed by atoms with Crippen molar-refractivity contribution < 1.29 is 16.8 Å². The van der Waals surface area contributed by atoms with Crippen molar-refractivity contribution in [1.29, 1.82) is 0 Å². The number of sulfonamides is 2. The molecule has 1 N–H and O–H groups in total. The second-order valence-electron chi connectivity index (χ2n) is 6.60. The Hall–Kier alpha value is -1.90. The standard InChI is InChI=1S/C20H28N2O4S2/c1-5-16(4)17-8-10-18(11-9-17)21-27(23,24)19-12-14-20(15-13-19)28(25,26)22(6-2)7-3/h8-16,21H,5-7H2,1-4H3/t16-/m0/s1. The number of rotatable bonds is 9. The number of hydrogen-bond donors (Lipinski definition) is 1. The monoisotopic (exact) mass is 424 g/mol. The van der Waals surface area contributed by atoms with Crippen molar-refractivity contribution in [2.45, 2.75) is 49.8 Å². The van der Waals surface area contributed by atoms with Gasteiger partial charge in [0.1, 0.15) is 0 Å². The molecular weight excluding hydrogens is 396 g/mol. The molecule has 8 heteroatoms. The molecule has 0 aliphatic heterocycles. The number of anilines is 1. The van der Waals surface area contributed by atoms with E-state index in [9.17, 15) is 16.8 Å². The van der Waals surface area contributed by atoms with Crippen LogP contribution in [-0.4, -0.2) is 34.2 Å². The van der Waals surface area contributed by atoms with E-state index in [0.29, 0.717) is 24.7 Å². The molecule has 0 aromatic heterocycles. The summed E-state index contributed by atoms with van der Waals surface area (Å²) in [6.45, 7) is 8.45. The van der Waals surface area contributed by atoms with Crippen LogP contribution >= 0.6 is 0 Å². The van der Waals surface area contributed by atoms with E-state index in [4.69, 9.17) is 0 Å². The molecule has 1 atom stereocenters. The lowest BCUT2D eigenvalue weighted by atomic mass is 9.99. The maximum atomic E-state index is 12.6. The summed E-state index contributed by atoms with van der Waals surface area (Å²) in [6.07, 6.45) is 1.01. The van der Waals surface area contributed by atoms with Crippen LogP contribution in [0.5, 0.6) is 0 Å². The van der Waals surface area contributed by atoms with Crippen LogP contribution in [0.2, 0.25) is 0 Å². The minimum atomic E-state index is -3.80. The average Bonchev–Trinajstić information content (AvgIpc) is 2.68. The Morgan fingerprint density at radius 1 is 0.821 bits per heavy atom. The molecule has 2 rings (SSSR count). The van der Waals surface area contributed by atoms with Crippen molar-refractivity contribution >= 4 is 25.7 Å². The summed E-state index contributed by atoms with van der Waals surface area (Å²) >= 11 is 0. The van der Waals surface area contributed by atoms with Gasteiger partial charge in [-0.25, -0.2) is 16.8 Å². The van der Waals surface area contributed by atoms with E-state index in [2.05, 4.69) is 18.6 Å². The first-order valence-electron chi connectivity index (χ1n) is 9.38. The third-order valence-corrected chi connectivity index (χ3v) is 8.28. The highest BCUT2D eigenvalue weighted by Gasteiger charge is 2.22. The first-order chi connectivity index (χ1) is 13.2. The fraction of sp³-hybridized carbons (Fsp3) is 0.400. The maximum Gasteiger partial charge on any atom is 0.261 e. The molecule has 0 aliphatic rings. The van der Waals surface area contributed by atoms with E-state index in [0.717, 1.165) is 12.0 Å². The van der Waals surface area contributed by atoms with Crippen molar-refractivity contribution in [2.24, 2.45) is 0 Å². The van der Waals surface area contributed by atoms with Gasteiger partial charge in [0.2, 0.25) is 10.0 Å². The van der Waals surface area contributed by atoms with E-state index >= 15 is 0 Å². The van der Waals surface area contributed by atoms with E-state index in [1.165, 1.54) is 28.6 Å². The highest BCUT2D eigenvalue weighted by Crippen LogP contribution is 2.23. The Kier molecular flexibility index (Phi) is 7.25.